The Labute approximate surface area is 166 Å². The standard InChI is InChI=1S/C19H18ClFN6O/c20-14-8-13(4-5-15(14)21)25-19(28)16-10-27(12-24-16)18-9-17(22-11-23-18)26-6-2-1-3-7-26/h4-5,8-12H,1-3,6-7H2,(H,25,28). The quantitative estimate of drug-likeness (QED) is 0.722. The zero-order valence-corrected chi connectivity index (χ0v) is 15.7. The second kappa shape index (κ2) is 7.93. The molecule has 1 saturated heterocycles. The number of anilines is 2. The number of hydrogen-bond acceptors (Lipinski definition) is 5. The Balaban J connectivity index is 1.50. The lowest BCUT2D eigenvalue weighted by Gasteiger charge is -2.27. The highest BCUT2D eigenvalue weighted by Crippen LogP contribution is 2.21. The lowest BCUT2D eigenvalue weighted by molar-refractivity contribution is 0.102. The van der Waals surface area contributed by atoms with E-state index in [4.69, 9.17) is 11.6 Å². The van der Waals surface area contributed by atoms with E-state index in [9.17, 15) is 9.18 Å². The third-order valence-electron chi connectivity index (χ3n) is 4.58. The van der Waals surface area contributed by atoms with Gasteiger partial charge in [-0.15, -0.1) is 0 Å². The van der Waals surface area contributed by atoms with Crippen LogP contribution < -0.4 is 10.2 Å². The molecule has 0 aliphatic carbocycles. The summed E-state index contributed by atoms with van der Waals surface area (Å²) in [6.07, 6.45) is 8.18. The molecule has 3 heterocycles. The number of benzene rings is 1. The van der Waals surface area contributed by atoms with Crippen LogP contribution in [-0.2, 0) is 0 Å². The van der Waals surface area contributed by atoms with Crippen molar-refractivity contribution in [3.8, 4) is 5.82 Å². The molecular formula is C19H18ClFN6O. The minimum atomic E-state index is -0.544. The molecule has 3 aromatic rings. The molecule has 1 aliphatic rings. The highest BCUT2D eigenvalue weighted by atomic mass is 35.5. The summed E-state index contributed by atoms with van der Waals surface area (Å²) in [6, 6.07) is 5.86. The molecule has 0 spiro atoms. The van der Waals surface area contributed by atoms with Crippen molar-refractivity contribution in [3.63, 3.8) is 0 Å². The first-order chi connectivity index (χ1) is 13.6. The van der Waals surface area contributed by atoms with Gasteiger partial charge in [0.2, 0.25) is 0 Å². The maximum atomic E-state index is 13.2. The number of nitrogens with one attached hydrogen (secondary N) is 1. The van der Waals surface area contributed by atoms with Gasteiger partial charge >= 0.3 is 0 Å². The van der Waals surface area contributed by atoms with Crippen LogP contribution in [0.2, 0.25) is 5.02 Å². The van der Waals surface area contributed by atoms with E-state index in [1.165, 1.54) is 37.3 Å². The van der Waals surface area contributed by atoms with Gasteiger partial charge in [-0.2, -0.15) is 0 Å². The average Bonchev–Trinajstić information content (AvgIpc) is 3.22. The molecule has 0 unspecified atom stereocenters. The number of piperidine rings is 1. The maximum Gasteiger partial charge on any atom is 0.275 e. The summed E-state index contributed by atoms with van der Waals surface area (Å²) in [6.45, 7) is 1.96. The van der Waals surface area contributed by atoms with Crippen molar-refractivity contribution in [2.45, 2.75) is 19.3 Å². The number of hydrogen-bond donors (Lipinski definition) is 1. The summed E-state index contributed by atoms with van der Waals surface area (Å²) in [4.78, 5) is 27.4. The Bertz CT molecular complexity index is 1000. The summed E-state index contributed by atoms with van der Waals surface area (Å²) in [5, 5.41) is 2.59. The maximum absolute atomic E-state index is 13.2. The topological polar surface area (TPSA) is 75.9 Å². The van der Waals surface area contributed by atoms with Crippen LogP contribution in [0.5, 0.6) is 0 Å². The van der Waals surface area contributed by atoms with Gasteiger partial charge < -0.3 is 10.2 Å². The number of nitrogens with zero attached hydrogens (tertiary/aromatic N) is 5. The van der Waals surface area contributed by atoms with Gasteiger partial charge in [0.15, 0.2) is 0 Å². The van der Waals surface area contributed by atoms with Gasteiger partial charge in [0, 0.05) is 31.0 Å². The molecule has 28 heavy (non-hydrogen) atoms. The number of carbonyl (C=O) groups is 1. The van der Waals surface area contributed by atoms with Crippen LogP contribution in [0.4, 0.5) is 15.9 Å². The summed E-state index contributed by atoms with van der Waals surface area (Å²) < 4.78 is 14.9. The largest absolute Gasteiger partial charge is 0.356 e. The Hall–Kier alpha value is -3.00. The molecule has 1 aromatic carbocycles. The van der Waals surface area contributed by atoms with E-state index in [1.54, 1.807) is 10.8 Å². The highest BCUT2D eigenvalue weighted by molar-refractivity contribution is 6.31. The van der Waals surface area contributed by atoms with Gasteiger partial charge in [-0.25, -0.2) is 19.3 Å². The zero-order valence-electron chi connectivity index (χ0n) is 15.0. The molecule has 7 nitrogen and oxygen atoms in total. The number of aromatic nitrogens is 4. The highest BCUT2D eigenvalue weighted by Gasteiger charge is 2.15. The predicted octanol–water partition coefficient (Wildman–Crippen LogP) is 3.70. The monoisotopic (exact) mass is 400 g/mol. The molecule has 4 rings (SSSR count). The molecule has 1 fully saturated rings. The Morgan fingerprint density at radius 2 is 1.86 bits per heavy atom. The van der Waals surface area contributed by atoms with E-state index < -0.39 is 11.7 Å². The molecule has 144 valence electrons. The van der Waals surface area contributed by atoms with Crippen molar-refractivity contribution in [2.75, 3.05) is 23.3 Å². The lowest BCUT2D eigenvalue weighted by atomic mass is 10.1. The van der Waals surface area contributed by atoms with Gasteiger partial charge in [0.1, 0.15) is 35.8 Å². The molecule has 2 aromatic heterocycles. The van der Waals surface area contributed by atoms with Crippen molar-refractivity contribution < 1.29 is 9.18 Å². The average molecular weight is 401 g/mol. The van der Waals surface area contributed by atoms with Crippen molar-refractivity contribution >= 4 is 29.0 Å². The predicted molar refractivity (Wildman–Crippen MR) is 105 cm³/mol. The van der Waals surface area contributed by atoms with Gasteiger partial charge in [-0.05, 0) is 37.5 Å². The zero-order chi connectivity index (χ0) is 19.5. The van der Waals surface area contributed by atoms with Gasteiger partial charge in [0.25, 0.3) is 5.91 Å². The number of carbonyl (C=O) groups excluding carboxylic acids is 1. The molecule has 9 heteroatoms. The van der Waals surface area contributed by atoms with Crippen LogP contribution in [0, 0.1) is 5.82 Å². The van der Waals surface area contributed by atoms with Crippen molar-refractivity contribution in [2.24, 2.45) is 0 Å². The van der Waals surface area contributed by atoms with Gasteiger partial charge in [0.05, 0.1) is 5.02 Å². The van der Waals surface area contributed by atoms with Crippen LogP contribution in [0.25, 0.3) is 5.82 Å². The Kier molecular flexibility index (Phi) is 5.21. The third kappa shape index (κ3) is 3.96. The molecule has 1 aliphatic heterocycles. The smallest absolute Gasteiger partial charge is 0.275 e. The molecule has 0 radical (unpaired) electrons. The van der Waals surface area contributed by atoms with Crippen LogP contribution in [0.1, 0.15) is 29.8 Å². The normalized spacial score (nSPS) is 14.1. The van der Waals surface area contributed by atoms with E-state index in [0.29, 0.717) is 11.5 Å². The minimum Gasteiger partial charge on any atom is -0.356 e. The molecule has 1 amide bonds. The van der Waals surface area contributed by atoms with Crippen molar-refractivity contribution in [1.82, 2.24) is 19.5 Å². The third-order valence-corrected chi connectivity index (χ3v) is 4.87. The summed E-state index contributed by atoms with van der Waals surface area (Å²) in [5.41, 5.74) is 0.596. The minimum absolute atomic E-state index is 0.0606. The van der Waals surface area contributed by atoms with E-state index in [2.05, 4.69) is 25.2 Å². The first-order valence-corrected chi connectivity index (χ1v) is 9.36. The first-order valence-electron chi connectivity index (χ1n) is 8.98. The fraction of sp³-hybridized carbons (Fsp3) is 0.263. The van der Waals surface area contributed by atoms with Crippen LogP contribution in [0.15, 0.2) is 43.1 Å². The van der Waals surface area contributed by atoms with Crippen molar-refractivity contribution in [1.29, 1.82) is 0 Å². The molecule has 0 bridgehead atoms. The van der Waals surface area contributed by atoms with E-state index >= 15 is 0 Å². The second-order valence-corrected chi connectivity index (χ2v) is 6.94. The number of amides is 1. The summed E-state index contributed by atoms with van der Waals surface area (Å²) >= 11 is 5.74. The Morgan fingerprint density at radius 1 is 1.07 bits per heavy atom. The molecule has 0 saturated carbocycles. The SMILES string of the molecule is O=C(Nc1ccc(F)c(Cl)c1)c1cn(-c2cc(N3CCCCC3)ncn2)cn1. The molecular weight excluding hydrogens is 383 g/mol. The second-order valence-electron chi connectivity index (χ2n) is 6.53. The number of rotatable bonds is 4. The molecule has 1 N–H and O–H groups in total. The van der Waals surface area contributed by atoms with Gasteiger partial charge in [-0.1, -0.05) is 11.6 Å². The van der Waals surface area contributed by atoms with Gasteiger partial charge in [-0.3, -0.25) is 9.36 Å². The number of halogens is 2. The molecule has 0 atom stereocenters. The van der Waals surface area contributed by atoms with Crippen LogP contribution in [-0.4, -0.2) is 38.5 Å². The summed E-state index contributed by atoms with van der Waals surface area (Å²) in [5.74, 6) is 0.529. The summed E-state index contributed by atoms with van der Waals surface area (Å²) in [7, 11) is 0. The van der Waals surface area contributed by atoms with E-state index in [0.717, 1.165) is 31.7 Å². The van der Waals surface area contributed by atoms with Crippen molar-refractivity contribution in [3.05, 3.63) is 59.7 Å². The van der Waals surface area contributed by atoms with Crippen LogP contribution in [0.3, 0.4) is 0 Å². The fourth-order valence-electron chi connectivity index (χ4n) is 3.11. The fourth-order valence-corrected chi connectivity index (χ4v) is 3.29. The van der Waals surface area contributed by atoms with E-state index in [-0.39, 0.29) is 10.7 Å². The first kappa shape index (κ1) is 18.4. The van der Waals surface area contributed by atoms with Crippen LogP contribution >= 0.6 is 11.6 Å². The Morgan fingerprint density at radius 3 is 2.64 bits per heavy atom. The number of imidazole rings is 1. The lowest BCUT2D eigenvalue weighted by Crippen LogP contribution is -2.30. The van der Waals surface area contributed by atoms with E-state index in [1.807, 2.05) is 6.07 Å².